The highest BCUT2D eigenvalue weighted by molar-refractivity contribution is 6.02. The average Bonchev–Trinajstić information content (AvgIpc) is 2.89. The molecule has 0 N–H and O–H groups in total. The van der Waals surface area contributed by atoms with Gasteiger partial charge in [-0.15, -0.1) is 0 Å². The molecule has 0 aromatic heterocycles. The van der Waals surface area contributed by atoms with Crippen molar-refractivity contribution in [3.05, 3.63) is 47.0 Å². The topological polar surface area (TPSA) is 77.5 Å². The summed E-state index contributed by atoms with van der Waals surface area (Å²) in [4.78, 5) is 31.3. The van der Waals surface area contributed by atoms with Gasteiger partial charge in [0, 0.05) is 25.7 Å². The van der Waals surface area contributed by atoms with Crippen molar-refractivity contribution in [2.75, 3.05) is 48.6 Å². The van der Waals surface area contributed by atoms with Crippen LogP contribution in [0, 0.1) is 5.92 Å². The molecule has 188 valence electrons. The number of likely N-dealkylation sites (N-methyl/N-ethyl adjacent to an activating group) is 1. The normalized spacial score (nSPS) is 20.3. The molecule has 0 saturated carbocycles. The lowest BCUT2D eigenvalue weighted by atomic mass is 9.78. The summed E-state index contributed by atoms with van der Waals surface area (Å²) in [6.45, 7) is 3.62. The number of carbonyl (C=O) groups is 2. The molecule has 8 heteroatoms. The van der Waals surface area contributed by atoms with Crippen LogP contribution in [-0.2, 0) is 4.79 Å². The van der Waals surface area contributed by atoms with Gasteiger partial charge in [-0.25, -0.2) is 0 Å². The lowest BCUT2D eigenvalue weighted by molar-refractivity contribution is -0.135. The highest BCUT2D eigenvalue weighted by atomic mass is 16.5. The molecule has 0 bridgehead atoms. The summed E-state index contributed by atoms with van der Waals surface area (Å²) in [5, 5.41) is 0. The minimum Gasteiger partial charge on any atom is -0.493 e. The fraction of sp³-hybridized carbons (Fsp3) is 0.481. The van der Waals surface area contributed by atoms with Gasteiger partial charge < -0.3 is 28.7 Å². The zero-order chi connectivity index (χ0) is 25.3. The molecule has 2 atom stereocenters. The standard InChI is InChI=1S/C27H34N2O6/c1-16-9-11-29(12-10-16)27(31)24-18-14-22(34-5)23(35-6)15-19(18)26(30)28(2)25(24)17-7-8-20(32-3)21(13-17)33-4/h7-8,13-16,24-25H,9-12H2,1-6H3. The fourth-order valence-electron chi connectivity index (χ4n) is 5.19. The Morgan fingerprint density at radius 3 is 2.03 bits per heavy atom. The maximum atomic E-state index is 14.2. The Morgan fingerprint density at radius 1 is 0.857 bits per heavy atom. The van der Waals surface area contributed by atoms with Crippen LogP contribution in [0.2, 0.25) is 0 Å². The number of nitrogens with zero attached hydrogens (tertiary/aromatic N) is 2. The second-order valence-corrected chi connectivity index (χ2v) is 9.26. The number of amides is 2. The van der Waals surface area contributed by atoms with Gasteiger partial charge in [0.1, 0.15) is 0 Å². The molecule has 2 aromatic carbocycles. The lowest BCUT2D eigenvalue weighted by Crippen LogP contribution is -2.48. The average molecular weight is 483 g/mol. The number of likely N-dealkylation sites (tertiary alicyclic amines) is 1. The van der Waals surface area contributed by atoms with Crippen LogP contribution in [-0.4, -0.2) is 70.2 Å². The van der Waals surface area contributed by atoms with E-state index in [4.69, 9.17) is 18.9 Å². The molecule has 2 aliphatic rings. The quantitative estimate of drug-likeness (QED) is 0.622. The van der Waals surface area contributed by atoms with Gasteiger partial charge in [-0.3, -0.25) is 9.59 Å². The van der Waals surface area contributed by atoms with Crippen molar-refractivity contribution in [3.63, 3.8) is 0 Å². The smallest absolute Gasteiger partial charge is 0.254 e. The molecule has 2 amide bonds. The third-order valence-corrected chi connectivity index (χ3v) is 7.28. The van der Waals surface area contributed by atoms with Crippen molar-refractivity contribution in [3.8, 4) is 23.0 Å². The van der Waals surface area contributed by atoms with Gasteiger partial charge in [0.2, 0.25) is 5.91 Å². The molecule has 2 aromatic rings. The van der Waals surface area contributed by atoms with E-state index in [0.29, 0.717) is 53.1 Å². The van der Waals surface area contributed by atoms with E-state index in [1.807, 2.05) is 17.0 Å². The van der Waals surface area contributed by atoms with E-state index in [1.54, 1.807) is 51.5 Å². The summed E-state index contributed by atoms with van der Waals surface area (Å²) in [5.74, 6) is 1.87. The maximum absolute atomic E-state index is 14.2. The Bertz CT molecular complexity index is 1110. The number of rotatable bonds is 6. The molecule has 1 saturated heterocycles. The van der Waals surface area contributed by atoms with Crippen LogP contribution in [0.15, 0.2) is 30.3 Å². The van der Waals surface area contributed by atoms with Gasteiger partial charge in [0.05, 0.1) is 40.4 Å². The van der Waals surface area contributed by atoms with Crippen LogP contribution in [0.3, 0.4) is 0 Å². The first kappa shape index (κ1) is 24.7. The molecule has 1 fully saturated rings. The minimum atomic E-state index is -0.612. The van der Waals surface area contributed by atoms with Crippen molar-refractivity contribution in [2.24, 2.45) is 5.92 Å². The second kappa shape index (κ2) is 10.1. The number of benzene rings is 2. The number of fused-ring (bicyclic) bond motifs is 1. The summed E-state index contributed by atoms with van der Waals surface area (Å²) in [5.41, 5.74) is 1.89. The zero-order valence-corrected chi connectivity index (χ0v) is 21.3. The summed E-state index contributed by atoms with van der Waals surface area (Å²) in [6.07, 6.45) is 1.93. The highest BCUT2D eigenvalue weighted by Crippen LogP contribution is 2.47. The van der Waals surface area contributed by atoms with Crippen LogP contribution in [0.1, 0.15) is 53.2 Å². The number of ether oxygens (including phenoxy) is 4. The van der Waals surface area contributed by atoms with Crippen LogP contribution < -0.4 is 18.9 Å². The van der Waals surface area contributed by atoms with E-state index >= 15 is 0 Å². The van der Waals surface area contributed by atoms with Crippen molar-refractivity contribution in [1.29, 1.82) is 0 Å². The Kier molecular flexibility index (Phi) is 7.10. The highest BCUT2D eigenvalue weighted by Gasteiger charge is 2.45. The predicted molar refractivity (Wildman–Crippen MR) is 132 cm³/mol. The van der Waals surface area contributed by atoms with Crippen molar-refractivity contribution >= 4 is 11.8 Å². The molecule has 2 heterocycles. The minimum absolute atomic E-state index is 0.00417. The summed E-state index contributed by atoms with van der Waals surface area (Å²) in [6, 6.07) is 8.47. The van der Waals surface area contributed by atoms with Crippen molar-refractivity contribution in [1.82, 2.24) is 9.80 Å². The molecule has 0 spiro atoms. The van der Waals surface area contributed by atoms with Gasteiger partial charge in [0.15, 0.2) is 23.0 Å². The third-order valence-electron chi connectivity index (χ3n) is 7.28. The number of hydrogen-bond acceptors (Lipinski definition) is 6. The fourth-order valence-corrected chi connectivity index (χ4v) is 5.19. The van der Waals surface area contributed by atoms with E-state index in [1.165, 1.54) is 7.11 Å². The number of hydrogen-bond donors (Lipinski definition) is 0. The van der Waals surface area contributed by atoms with E-state index < -0.39 is 12.0 Å². The SMILES string of the molecule is COc1ccc(C2C(C(=O)N3CCC(C)CC3)c3cc(OC)c(OC)cc3C(=O)N2C)cc1OC. The van der Waals surface area contributed by atoms with Gasteiger partial charge in [-0.05, 0) is 54.2 Å². The molecular weight excluding hydrogens is 448 g/mol. The number of methoxy groups -OCH3 is 4. The van der Waals surface area contributed by atoms with Crippen molar-refractivity contribution in [2.45, 2.75) is 31.7 Å². The second-order valence-electron chi connectivity index (χ2n) is 9.26. The molecule has 35 heavy (non-hydrogen) atoms. The monoisotopic (exact) mass is 482 g/mol. The third kappa shape index (κ3) is 4.37. The van der Waals surface area contributed by atoms with Gasteiger partial charge in [-0.1, -0.05) is 13.0 Å². The van der Waals surface area contributed by atoms with Crippen LogP contribution in [0.4, 0.5) is 0 Å². The van der Waals surface area contributed by atoms with Crippen LogP contribution >= 0.6 is 0 Å². The largest absolute Gasteiger partial charge is 0.493 e. The maximum Gasteiger partial charge on any atom is 0.254 e. The molecule has 0 aliphatic carbocycles. The Balaban J connectivity index is 1.89. The van der Waals surface area contributed by atoms with Gasteiger partial charge >= 0.3 is 0 Å². The molecule has 0 radical (unpaired) electrons. The van der Waals surface area contributed by atoms with E-state index in [0.717, 1.165) is 18.4 Å². The summed E-state index contributed by atoms with van der Waals surface area (Å²) in [7, 11) is 7.97. The van der Waals surface area contributed by atoms with E-state index in [-0.39, 0.29) is 11.8 Å². The summed E-state index contributed by atoms with van der Waals surface area (Å²) < 4.78 is 21.9. The molecule has 4 rings (SSSR count). The van der Waals surface area contributed by atoms with E-state index in [9.17, 15) is 9.59 Å². The number of carbonyl (C=O) groups excluding carboxylic acids is 2. The molecule has 2 unspecified atom stereocenters. The lowest BCUT2D eigenvalue weighted by Gasteiger charge is -2.43. The Morgan fingerprint density at radius 2 is 1.43 bits per heavy atom. The first-order valence-corrected chi connectivity index (χ1v) is 11.9. The van der Waals surface area contributed by atoms with Gasteiger partial charge in [-0.2, -0.15) is 0 Å². The first-order valence-electron chi connectivity index (χ1n) is 11.9. The Labute approximate surface area is 206 Å². The predicted octanol–water partition coefficient (Wildman–Crippen LogP) is 3.89. The van der Waals surface area contributed by atoms with Crippen LogP contribution in [0.5, 0.6) is 23.0 Å². The number of piperidine rings is 1. The molecule has 8 nitrogen and oxygen atoms in total. The van der Waals surface area contributed by atoms with Crippen molar-refractivity contribution < 1.29 is 28.5 Å². The van der Waals surface area contributed by atoms with Gasteiger partial charge in [0.25, 0.3) is 5.91 Å². The molecule has 2 aliphatic heterocycles. The molecular formula is C27H34N2O6. The van der Waals surface area contributed by atoms with Crippen LogP contribution in [0.25, 0.3) is 0 Å². The zero-order valence-electron chi connectivity index (χ0n) is 21.3. The summed E-state index contributed by atoms with van der Waals surface area (Å²) >= 11 is 0. The first-order chi connectivity index (χ1) is 16.8. The van der Waals surface area contributed by atoms with E-state index in [2.05, 4.69) is 6.92 Å². The Hall–Kier alpha value is -3.42.